The van der Waals surface area contributed by atoms with Crippen LogP contribution in [0.2, 0.25) is 15.1 Å². The molecule has 0 aliphatic carbocycles. The first-order chi connectivity index (χ1) is 10.8. The van der Waals surface area contributed by atoms with E-state index in [-0.39, 0.29) is 32.2 Å². The van der Waals surface area contributed by atoms with Gasteiger partial charge in [0.15, 0.2) is 11.5 Å². The molecule has 126 valence electrons. The number of Topliss-reactive ketones (excluding diaryl/α,β-unsaturated/α-hetero) is 1. The quantitative estimate of drug-likeness (QED) is 0.181. The highest BCUT2D eigenvalue weighted by Crippen LogP contribution is 2.35. The van der Waals surface area contributed by atoms with Gasteiger partial charge >= 0.3 is 5.97 Å². The number of allylic oxidation sites excluding steroid dienone is 1. The Morgan fingerprint density at radius 3 is 2.48 bits per heavy atom. The Morgan fingerprint density at radius 1 is 1.26 bits per heavy atom. The van der Waals surface area contributed by atoms with Crippen LogP contribution >= 0.6 is 34.8 Å². The predicted octanol–water partition coefficient (Wildman–Crippen LogP) is 4.44. The Labute approximate surface area is 150 Å². The molecule has 0 radical (unpaired) electrons. The molecule has 1 rings (SSSR count). The summed E-state index contributed by atoms with van der Waals surface area (Å²) in [6, 6.07) is 2.80. The van der Waals surface area contributed by atoms with E-state index in [0.717, 1.165) is 0 Å². The van der Waals surface area contributed by atoms with E-state index in [9.17, 15) is 9.59 Å². The second-order valence-electron chi connectivity index (χ2n) is 5.10. The van der Waals surface area contributed by atoms with Crippen LogP contribution in [0, 0.1) is 5.92 Å². The molecule has 1 unspecified atom stereocenters. The number of ketones is 1. The SMILES string of the molecule is C=C(C)C(=O)C(CCCCN)C(=O)Oc1cc(Cl)cc(Cl)c1Cl. The van der Waals surface area contributed by atoms with Crippen molar-refractivity contribution in [2.75, 3.05) is 6.54 Å². The number of carbonyl (C=O) groups is 2. The van der Waals surface area contributed by atoms with E-state index in [0.29, 0.717) is 25.8 Å². The highest BCUT2D eigenvalue weighted by atomic mass is 35.5. The summed E-state index contributed by atoms with van der Waals surface area (Å²) < 4.78 is 5.24. The largest absolute Gasteiger partial charge is 0.424 e. The van der Waals surface area contributed by atoms with Gasteiger partial charge in [-0.1, -0.05) is 47.8 Å². The Balaban J connectivity index is 2.97. The number of halogens is 3. The Hall–Kier alpha value is -1.07. The van der Waals surface area contributed by atoms with Gasteiger partial charge in [-0.2, -0.15) is 0 Å². The molecule has 0 heterocycles. The van der Waals surface area contributed by atoms with Gasteiger partial charge in [0.1, 0.15) is 10.9 Å². The summed E-state index contributed by atoms with van der Waals surface area (Å²) in [6.07, 6.45) is 1.66. The van der Waals surface area contributed by atoms with Crippen LogP contribution in [0.4, 0.5) is 0 Å². The molecule has 1 aromatic rings. The van der Waals surface area contributed by atoms with Crippen LogP contribution in [-0.2, 0) is 9.59 Å². The summed E-state index contributed by atoms with van der Waals surface area (Å²) in [4.78, 5) is 24.5. The van der Waals surface area contributed by atoms with Crippen LogP contribution in [-0.4, -0.2) is 18.3 Å². The lowest BCUT2D eigenvalue weighted by Crippen LogP contribution is -2.29. The lowest BCUT2D eigenvalue weighted by Gasteiger charge is -2.16. The number of hydrogen-bond acceptors (Lipinski definition) is 4. The lowest BCUT2D eigenvalue weighted by atomic mass is 9.94. The second kappa shape index (κ2) is 9.28. The third-order valence-corrected chi connectivity index (χ3v) is 4.14. The summed E-state index contributed by atoms with van der Waals surface area (Å²) in [5.41, 5.74) is 5.72. The molecule has 0 aliphatic heterocycles. The second-order valence-corrected chi connectivity index (χ2v) is 6.32. The highest BCUT2D eigenvalue weighted by Gasteiger charge is 2.29. The fourth-order valence-electron chi connectivity index (χ4n) is 1.93. The summed E-state index contributed by atoms with van der Waals surface area (Å²) in [6.45, 7) is 5.62. The fraction of sp³-hybridized carbons (Fsp3) is 0.375. The number of rotatable bonds is 8. The average molecular weight is 379 g/mol. The van der Waals surface area contributed by atoms with Crippen LogP contribution in [0.25, 0.3) is 0 Å². The molecule has 0 aliphatic rings. The third-order valence-electron chi connectivity index (χ3n) is 3.14. The van der Waals surface area contributed by atoms with E-state index >= 15 is 0 Å². The van der Waals surface area contributed by atoms with Crippen molar-refractivity contribution in [1.82, 2.24) is 0 Å². The van der Waals surface area contributed by atoms with Crippen LogP contribution in [0.1, 0.15) is 26.2 Å². The minimum Gasteiger partial charge on any atom is -0.424 e. The maximum absolute atomic E-state index is 12.4. The van der Waals surface area contributed by atoms with Gasteiger partial charge in [-0.15, -0.1) is 0 Å². The molecule has 1 aromatic carbocycles. The fourth-order valence-corrected chi connectivity index (χ4v) is 2.55. The number of benzene rings is 1. The molecule has 1 atom stereocenters. The Kier molecular flexibility index (Phi) is 8.06. The first kappa shape index (κ1) is 20.0. The van der Waals surface area contributed by atoms with Gasteiger partial charge in [-0.25, -0.2) is 0 Å². The van der Waals surface area contributed by atoms with Crippen LogP contribution < -0.4 is 10.5 Å². The molecule has 23 heavy (non-hydrogen) atoms. The van der Waals surface area contributed by atoms with Crippen molar-refractivity contribution in [2.45, 2.75) is 26.2 Å². The number of unbranched alkanes of at least 4 members (excludes halogenated alkanes) is 1. The highest BCUT2D eigenvalue weighted by molar-refractivity contribution is 6.44. The summed E-state index contributed by atoms with van der Waals surface area (Å²) in [5.74, 6) is -2.01. The first-order valence-electron chi connectivity index (χ1n) is 7.04. The maximum Gasteiger partial charge on any atom is 0.322 e. The summed E-state index contributed by atoms with van der Waals surface area (Å²) >= 11 is 17.8. The van der Waals surface area contributed by atoms with Crippen LogP contribution in [0.5, 0.6) is 5.75 Å². The number of esters is 1. The molecule has 0 saturated carbocycles. The van der Waals surface area contributed by atoms with Crippen molar-refractivity contribution in [1.29, 1.82) is 0 Å². The molecule has 0 bridgehead atoms. The van der Waals surface area contributed by atoms with Crippen molar-refractivity contribution in [2.24, 2.45) is 11.7 Å². The molecular weight excluding hydrogens is 361 g/mol. The van der Waals surface area contributed by atoms with Crippen molar-refractivity contribution < 1.29 is 14.3 Å². The van der Waals surface area contributed by atoms with E-state index in [2.05, 4.69) is 6.58 Å². The molecule has 2 N–H and O–H groups in total. The molecule has 7 heteroatoms. The van der Waals surface area contributed by atoms with Gasteiger partial charge in [0.25, 0.3) is 0 Å². The Bertz CT molecular complexity index is 617. The predicted molar refractivity (Wildman–Crippen MR) is 93.3 cm³/mol. The standard InChI is InChI=1S/C16H18Cl3NO3/c1-9(2)15(21)11(5-3-4-6-20)16(22)23-13-8-10(17)7-12(18)14(13)19/h7-8,11H,1,3-6,20H2,2H3. The van der Waals surface area contributed by atoms with E-state index in [1.807, 2.05) is 0 Å². The van der Waals surface area contributed by atoms with Gasteiger partial charge < -0.3 is 10.5 Å². The number of nitrogens with two attached hydrogens (primary N) is 1. The monoisotopic (exact) mass is 377 g/mol. The molecule has 0 spiro atoms. The Morgan fingerprint density at radius 2 is 1.91 bits per heavy atom. The van der Waals surface area contributed by atoms with E-state index in [1.165, 1.54) is 12.1 Å². The number of hydrogen-bond donors (Lipinski definition) is 1. The minimum atomic E-state index is -0.951. The zero-order valence-corrected chi connectivity index (χ0v) is 15.0. The van der Waals surface area contributed by atoms with Crippen molar-refractivity contribution in [3.63, 3.8) is 0 Å². The van der Waals surface area contributed by atoms with Crippen molar-refractivity contribution in [3.8, 4) is 5.75 Å². The van der Waals surface area contributed by atoms with Gasteiger partial charge in [0, 0.05) is 11.1 Å². The summed E-state index contributed by atoms with van der Waals surface area (Å²) in [7, 11) is 0. The topological polar surface area (TPSA) is 69.4 Å². The zero-order valence-electron chi connectivity index (χ0n) is 12.7. The van der Waals surface area contributed by atoms with Gasteiger partial charge in [0.2, 0.25) is 0 Å². The minimum absolute atomic E-state index is 0.0208. The van der Waals surface area contributed by atoms with Gasteiger partial charge in [-0.05, 0) is 37.9 Å². The van der Waals surface area contributed by atoms with E-state index in [4.69, 9.17) is 45.3 Å². The first-order valence-corrected chi connectivity index (χ1v) is 8.17. The average Bonchev–Trinajstić information content (AvgIpc) is 2.47. The van der Waals surface area contributed by atoms with Crippen molar-refractivity contribution >= 4 is 46.6 Å². The van der Waals surface area contributed by atoms with E-state index < -0.39 is 11.9 Å². The summed E-state index contributed by atoms with van der Waals surface area (Å²) in [5, 5.41) is 0.494. The molecular formula is C16H18Cl3NO3. The number of ether oxygens (including phenoxy) is 1. The van der Waals surface area contributed by atoms with Crippen LogP contribution in [0.3, 0.4) is 0 Å². The van der Waals surface area contributed by atoms with Crippen LogP contribution in [0.15, 0.2) is 24.3 Å². The molecule has 0 fully saturated rings. The normalized spacial score (nSPS) is 11.9. The number of carbonyl (C=O) groups excluding carboxylic acids is 2. The molecule has 0 aromatic heterocycles. The van der Waals surface area contributed by atoms with Gasteiger partial charge in [-0.3, -0.25) is 9.59 Å². The van der Waals surface area contributed by atoms with Crippen molar-refractivity contribution in [3.05, 3.63) is 39.4 Å². The van der Waals surface area contributed by atoms with E-state index in [1.54, 1.807) is 6.92 Å². The zero-order chi connectivity index (χ0) is 17.6. The van der Waals surface area contributed by atoms with Gasteiger partial charge in [0.05, 0.1) is 5.02 Å². The molecule has 4 nitrogen and oxygen atoms in total. The molecule has 0 amide bonds. The lowest BCUT2D eigenvalue weighted by molar-refractivity contribution is -0.143. The smallest absolute Gasteiger partial charge is 0.322 e. The third kappa shape index (κ3) is 5.81. The maximum atomic E-state index is 12.4. The molecule has 0 saturated heterocycles.